The number of hydrogen-bond donors (Lipinski definition) is 0. The van der Waals surface area contributed by atoms with Gasteiger partial charge in [0.1, 0.15) is 6.67 Å². The third-order valence-electron chi connectivity index (χ3n) is 3.09. The Bertz CT molecular complexity index is 429. The molecule has 1 saturated heterocycles. The molecule has 6 nitrogen and oxygen atoms in total. The highest BCUT2D eigenvalue weighted by molar-refractivity contribution is 7.89. The van der Waals surface area contributed by atoms with Crippen LogP contribution in [0, 0.1) is 0 Å². The zero-order valence-electron chi connectivity index (χ0n) is 10.5. The van der Waals surface area contributed by atoms with Crippen molar-refractivity contribution in [3.8, 4) is 0 Å². The van der Waals surface area contributed by atoms with Gasteiger partial charge in [-0.15, -0.1) is 6.58 Å². The first-order valence-electron chi connectivity index (χ1n) is 5.89. The predicted octanol–water partition coefficient (Wildman–Crippen LogP) is -0.163. The van der Waals surface area contributed by atoms with Crippen molar-refractivity contribution in [3.63, 3.8) is 0 Å². The Hall–Kier alpha value is -1.05. The summed E-state index contributed by atoms with van der Waals surface area (Å²) in [5.74, 6) is 0. The van der Waals surface area contributed by atoms with E-state index in [1.807, 2.05) is 16.8 Å². The Morgan fingerprint density at radius 2 is 2.00 bits per heavy atom. The van der Waals surface area contributed by atoms with Gasteiger partial charge in [0.05, 0.1) is 13.2 Å². The summed E-state index contributed by atoms with van der Waals surface area (Å²) in [6.07, 6.45) is 4.83. The van der Waals surface area contributed by atoms with E-state index in [4.69, 9.17) is 4.74 Å². The summed E-state index contributed by atoms with van der Waals surface area (Å²) in [7, 11) is -1.59. The highest BCUT2D eigenvalue weighted by Crippen LogP contribution is 2.19. The molecule has 1 atom stereocenters. The zero-order valence-corrected chi connectivity index (χ0v) is 11.3. The fourth-order valence-electron chi connectivity index (χ4n) is 2.10. The maximum Gasteiger partial charge on any atom is 0.256 e. The van der Waals surface area contributed by atoms with Crippen LogP contribution in [-0.4, -0.2) is 67.9 Å². The van der Waals surface area contributed by atoms with Gasteiger partial charge in [0.25, 0.3) is 10.0 Å². The van der Waals surface area contributed by atoms with Gasteiger partial charge in [0.2, 0.25) is 0 Å². The molecule has 2 rings (SSSR count). The molecule has 2 aliphatic heterocycles. The second kappa shape index (κ2) is 5.29. The molecule has 0 spiro atoms. The van der Waals surface area contributed by atoms with Crippen LogP contribution in [0.3, 0.4) is 0 Å². The molecule has 0 bridgehead atoms. The van der Waals surface area contributed by atoms with Gasteiger partial charge in [-0.1, -0.05) is 6.08 Å². The van der Waals surface area contributed by atoms with E-state index in [2.05, 4.69) is 6.58 Å². The summed E-state index contributed by atoms with van der Waals surface area (Å²) >= 11 is 0. The molecule has 1 fully saturated rings. The summed E-state index contributed by atoms with van der Waals surface area (Å²) in [4.78, 5) is 3.70. The van der Waals surface area contributed by atoms with Crippen LogP contribution < -0.4 is 0 Å². The van der Waals surface area contributed by atoms with E-state index in [0.29, 0.717) is 33.0 Å². The molecule has 0 N–H and O–H groups in total. The van der Waals surface area contributed by atoms with E-state index in [0.717, 1.165) is 0 Å². The van der Waals surface area contributed by atoms with Gasteiger partial charge >= 0.3 is 0 Å². The maximum absolute atomic E-state index is 12.5. The van der Waals surface area contributed by atoms with Crippen molar-refractivity contribution in [2.75, 3.05) is 40.0 Å². The van der Waals surface area contributed by atoms with Gasteiger partial charge < -0.3 is 9.64 Å². The van der Waals surface area contributed by atoms with Crippen LogP contribution in [0.2, 0.25) is 0 Å². The standard InChI is InChI=1S/C11H19N3O3S/c1-3-11(13-6-8-17-9-7-13)18(15,16)14-5-4-12(2)10-14/h3-5,11H,1,6-10H2,2H3. The van der Waals surface area contributed by atoms with Crippen molar-refractivity contribution in [2.24, 2.45) is 0 Å². The molecule has 18 heavy (non-hydrogen) atoms. The lowest BCUT2D eigenvalue weighted by atomic mass is 10.4. The number of ether oxygens (including phenoxy) is 1. The molecule has 0 saturated carbocycles. The minimum absolute atomic E-state index is 0.358. The lowest BCUT2D eigenvalue weighted by Gasteiger charge is -2.34. The molecule has 0 aliphatic carbocycles. The second-order valence-electron chi connectivity index (χ2n) is 4.40. The molecule has 102 valence electrons. The molecule has 2 aliphatic rings. The average Bonchev–Trinajstić information content (AvgIpc) is 2.78. The highest BCUT2D eigenvalue weighted by atomic mass is 32.2. The van der Waals surface area contributed by atoms with E-state index in [1.54, 1.807) is 12.4 Å². The Kier molecular flexibility index (Phi) is 3.94. The first-order valence-corrected chi connectivity index (χ1v) is 7.39. The number of nitrogens with zero attached hydrogens (tertiary/aromatic N) is 3. The maximum atomic E-state index is 12.5. The molecular formula is C11H19N3O3S. The smallest absolute Gasteiger partial charge is 0.256 e. The number of hydrogen-bond acceptors (Lipinski definition) is 5. The number of rotatable bonds is 4. The van der Waals surface area contributed by atoms with Crippen LogP contribution in [0.15, 0.2) is 25.1 Å². The lowest BCUT2D eigenvalue weighted by molar-refractivity contribution is 0.0368. The molecule has 0 aromatic rings. The van der Waals surface area contributed by atoms with Crippen molar-refractivity contribution in [1.29, 1.82) is 0 Å². The van der Waals surface area contributed by atoms with Gasteiger partial charge in [-0.05, 0) is 0 Å². The molecule has 2 heterocycles. The zero-order chi connectivity index (χ0) is 13.2. The fourth-order valence-corrected chi connectivity index (χ4v) is 3.77. The van der Waals surface area contributed by atoms with E-state index in [1.165, 1.54) is 10.4 Å². The van der Waals surface area contributed by atoms with Crippen molar-refractivity contribution in [1.82, 2.24) is 14.1 Å². The van der Waals surface area contributed by atoms with E-state index >= 15 is 0 Å². The second-order valence-corrected chi connectivity index (χ2v) is 6.39. The Morgan fingerprint density at radius 1 is 1.33 bits per heavy atom. The first-order chi connectivity index (χ1) is 8.55. The Labute approximate surface area is 108 Å². The van der Waals surface area contributed by atoms with Gasteiger partial charge in [-0.2, -0.15) is 0 Å². The van der Waals surface area contributed by atoms with Gasteiger partial charge in [-0.25, -0.2) is 8.42 Å². The third-order valence-corrected chi connectivity index (χ3v) is 5.08. The summed E-state index contributed by atoms with van der Waals surface area (Å²) < 4.78 is 31.6. The summed E-state index contributed by atoms with van der Waals surface area (Å²) in [5.41, 5.74) is 0. The molecule has 1 unspecified atom stereocenters. The Morgan fingerprint density at radius 3 is 2.50 bits per heavy atom. The third kappa shape index (κ3) is 2.52. The van der Waals surface area contributed by atoms with Crippen LogP contribution in [-0.2, 0) is 14.8 Å². The van der Waals surface area contributed by atoms with E-state index < -0.39 is 15.4 Å². The number of morpholine rings is 1. The first kappa shape index (κ1) is 13.4. The van der Waals surface area contributed by atoms with Crippen LogP contribution >= 0.6 is 0 Å². The largest absolute Gasteiger partial charge is 0.379 e. The Balaban J connectivity index is 2.15. The molecule has 0 radical (unpaired) electrons. The summed E-state index contributed by atoms with van der Waals surface area (Å²) in [5, 5.41) is -0.683. The van der Waals surface area contributed by atoms with Crippen LogP contribution in [0.4, 0.5) is 0 Å². The van der Waals surface area contributed by atoms with Crippen molar-refractivity contribution >= 4 is 10.0 Å². The highest BCUT2D eigenvalue weighted by Gasteiger charge is 2.35. The van der Waals surface area contributed by atoms with Gasteiger partial charge in [0, 0.05) is 32.5 Å². The molecule has 0 aromatic carbocycles. The lowest BCUT2D eigenvalue weighted by Crippen LogP contribution is -2.50. The van der Waals surface area contributed by atoms with E-state index in [9.17, 15) is 8.42 Å². The quantitative estimate of drug-likeness (QED) is 0.666. The van der Waals surface area contributed by atoms with Crippen LogP contribution in [0.5, 0.6) is 0 Å². The molecule has 0 aromatic heterocycles. The molecular weight excluding hydrogens is 254 g/mol. The fraction of sp³-hybridized carbons (Fsp3) is 0.636. The molecule has 0 amide bonds. The monoisotopic (exact) mass is 273 g/mol. The molecule has 7 heteroatoms. The van der Waals surface area contributed by atoms with Crippen molar-refractivity contribution in [2.45, 2.75) is 5.37 Å². The SMILES string of the molecule is C=CC(N1CCOCC1)S(=O)(=O)N1C=CN(C)C1. The summed E-state index contributed by atoms with van der Waals surface area (Å²) in [6, 6.07) is 0. The van der Waals surface area contributed by atoms with Crippen molar-refractivity contribution < 1.29 is 13.2 Å². The number of sulfonamides is 1. The van der Waals surface area contributed by atoms with Gasteiger partial charge in [0.15, 0.2) is 5.37 Å². The minimum atomic E-state index is -3.43. The predicted molar refractivity (Wildman–Crippen MR) is 68.9 cm³/mol. The summed E-state index contributed by atoms with van der Waals surface area (Å²) in [6.45, 7) is 6.38. The van der Waals surface area contributed by atoms with Crippen molar-refractivity contribution in [3.05, 3.63) is 25.1 Å². The van der Waals surface area contributed by atoms with Crippen LogP contribution in [0.1, 0.15) is 0 Å². The topological polar surface area (TPSA) is 53.1 Å². The van der Waals surface area contributed by atoms with Gasteiger partial charge in [-0.3, -0.25) is 9.21 Å². The average molecular weight is 273 g/mol. The minimum Gasteiger partial charge on any atom is -0.379 e. The van der Waals surface area contributed by atoms with Crippen LogP contribution in [0.25, 0.3) is 0 Å². The van der Waals surface area contributed by atoms with E-state index in [-0.39, 0.29) is 0 Å². The normalized spacial score (nSPS) is 23.4.